The van der Waals surface area contributed by atoms with Crippen LogP contribution in [0.1, 0.15) is 33.1 Å². The summed E-state index contributed by atoms with van der Waals surface area (Å²) in [7, 11) is 0. The van der Waals surface area contributed by atoms with Gasteiger partial charge in [0.05, 0.1) is 6.04 Å². The van der Waals surface area contributed by atoms with Crippen LogP contribution in [0.4, 0.5) is 0 Å². The van der Waals surface area contributed by atoms with Crippen molar-refractivity contribution >= 4 is 5.84 Å². The van der Waals surface area contributed by atoms with Crippen LogP contribution in [0.3, 0.4) is 0 Å². The number of hydrogen-bond acceptors (Lipinski definition) is 1. The molecule has 0 amide bonds. The van der Waals surface area contributed by atoms with Gasteiger partial charge in [-0.1, -0.05) is 5.57 Å². The molecule has 0 spiro atoms. The SMILES string of the molecule is CC(C)=CC(N)=NC1CCC1. The minimum atomic E-state index is 0.519. The second-order valence-electron chi connectivity index (χ2n) is 3.36. The molecule has 0 aromatic heterocycles. The van der Waals surface area contributed by atoms with Crippen LogP contribution in [-0.2, 0) is 0 Å². The standard InChI is InChI=1S/C9H16N2/c1-7(2)6-9(10)11-8-4-3-5-8/h6,8H,3-5H2,1-2H3,(H2,10,11). The van der Waals surface area contributed by atoms with Crippen molar-refractivity contribution in [3.8, 4) is 0 Å². The first-order valence-electron chi connectivity index (χ1n) is 4.16. The molecule has 62 valence electrons. The number of nitrogens with zero attached hydrogens (tertiary/aromatic N) is 1. The molecule has 0 heterocycles. The van der Waals surface area contributed by atoms with E-state index in [-0.39, 0.29) is 0 Å². The van der Waals surface area contributed by atoms with Gasteiger partial charge in [-0.25, -0.2) is 0 Å². The molecule has 2 nitrogen and oxygen atoms in total. The molecule has 11 heavy (non-hydrogen) atoms. The van der Waals surface area contributed by atoms with Gasteiger partial charge in [-0.3, -0.25) is 4.99 Å². The zero-order valence-corrected chi connectivity index (χ0v) is 7.30. The quantitative estimate of drug-likeness (QED) is 0.476. The highest BCUT2D eigenvalue weighted by Crippen LogP contribution is 2.21. The first kappa shape index (κ1) is 8.31. The summed E-state index contributed by atoms with van der Waals surface area (Å²) in [6, 6.07) is 0.519. The minimum Gasteiger partial charge on any atom is -0.384 e. The number of nitrogens with two attached hydrogens (primary N) is 1. The molecule has 0 aromatic rings. The zero-order chi connectivity index (χ0) is 8.27. The highest BCUT2D eigenvalue weighted by atomic mass is 14.9. The van der Waals surface area contributed by atoms with E-state index in [4.69, 9.17) is 5.73 Å². The summed E-state index contributed by atoms with van der Waals surface area (Å²) < 4.78 is 0. The maximum atomic E-state index is 5.66. The maximum Gasteiger partial charge on any atom is 0.118 e. The van der Waals surface area contributed by atoms with Crippen molar-refractivity contribution in [2.24, 2.45) is 10.7 Å². The summed E-state index contributed by atoms with van der Waals surface area (Å²) in [6.45, 7) is 4.06. The second kappa shape index (κ2) is 3.56. The van der Waals surface area contributed by atoms with Crippen molar-refractivity contribution in [1.29, 1.82) is 0 Å². The van der Waals surface area contributed by atoms with Gasteiger partial charge in [-0.05, 0) is 39.2 Å². The largest absolute Gasteiger partial charge is 0.384 e. The first-order valence-corrected chi connectivity index (χ1v) is 4.16. The highest BCUT2D eigenvalue weighted by molar-refractivity contribution is 5.92. The Kier molecular flexibility index (Phi) is 2.69. The van der Waals surface area contributed by atoms with Crippen molar-refractivity contribution in [1.82, 2.24) is 0 Å². The van der Waals surface area contributed by atoms with E-state index in [1.54, 1.807) is 0 Å². The average molecular weight is 152 g/mol. The van der Waals surface area contributed by atoms with Crippen molar-refractivity contribution in [3.05, 3.63) is 11.6 Å². The molecule has 1 aliphatic rings. The van der Waals surface area contributed by atoms with E-state index in [1.807, 2.05) is 19.9 Å². The van der Waals surface area contributed by atoms with Crippen LogP contribution in [-0.4, -0.2) is 11.9 Å². The summed E-state index contributed by atoms with van der Waals surface area (Å²) in [6.07, 6.45) is 5.68. The molecule has 1 saturated carbocycles. The number of rotatable bonds is 2. The predicted octanol–water partition coefficient (Wildman–Crippen LogP) is 1.86. The molecule has 0 unspecified atom stereocenters. The molecule has 0 aromatic carbocycles. The predicted molar refractivity (Wildman–Crippen MR) is 48.7 cm³/mol. The number of amidine groups is 1. The number of allylic oxidation sites excluding steroid dienone is 1. The van der Waals surface area contributed by atoms with Gasteiger partial charge in [0.1, 0.15) is 5.84 Å². The molecular weight excluding hydrogens is 136 g/mol. The third-order valence-corrected chi connectivity index (χ3v) is 1.84. The van der Waals surface area contributed by atoms with Gasteiger partial charge in [-0.15, -0.1) is 0 Å². The van der Waals surface area contributed by atoms with Crippen molar-refractivity contribution in [2.45, 2.75) is 39.2 Å². The van der Waals surface area contributed by atoms with E-state index < -0.39 is 0 Å². The smallest absolute Gasteiger partial charge is 0.118 e. The maximum absolute atomic E-state index is 5.66. The Hall–Kier alpha value is -0.790. The van der Waals surface area contributed by atoms with Crippen LogP contribution in [0, 0.1) is 0 Å². The normalized spacial score (nSPS) is 19.3. The van der Waals surface area contributed by atoms with Crippen LogP contribution < -0.4 is 5.73 Å². The van der Waals surface area contributed by atoms with Crippen molar-refractivity contribution in [3.63, 3.8) is 0 Å². The van der Waals surface area contributed by atoms with E-state index in [1.165, 1.54) is 24.8 Å². The summed E-state index contributed by atoms with van der Waals surface area (Å²) >= 11 is 0. The molecule has 0 radical (unpaired) electrons. The molecule has 0 atom stereocenters. The molecule has 1 rings (SSSR count). The molecular formula is C9H16N2. The molecule has 2 heteroatoms. The summed E-state index contributed by atoms with van der Waals surface area (Å²) in [5.74, 6) is 0.690. The highest BCUT2D eigenvalue weighted by Gasteiger charge is 2.15. The lowest BCUT2D eigenvalue weighted by atomic mass is 9.94. The van der Waals surface area contributed by atoms with Gasteiger partial charge >= 0.3 is 0 Å². The van der Waals surface area contributed by atoms with Gasteiger partial charge in [0.15, 0.2) is 0 Å². The number of hydrogen-bond donors (Lipinski definition) is 1. The van der Waals surface area contributed by atoms with Crippen LogP contribution in [0.15, 0.2) is 16.6 Å². The van der Waals surface area contributed by atoms with E-state index in [9.17, 15) is 0 Å². The van der Waals surface area contributed by atoms with Gasteiger partial charge in [-0.2, -0.15) is 0 Å². The number of aliphatic imine (C=N–C) groups is 1. The van der Waals surface area contributed by atoms with E-state index in [2.05, 4.69) is 4.99 Å². The first-order chi connectivity index (χ1) is 5.18. The molecule has 0 aliphatic heterocycles. The fraction of sp³-hybridized carbons (Fsp3) is 0.667. The Morgan fingerprint density at radius 2 is 2.09 bits per heavy atom. The molecule has 1 fully saturated rings. The lowest BCUT2D eigenvalue weighted by Crippen LogP contribution is -2.20. The zero-order valence-electron chi connectivity index (χ0n) is 7.30. The molecule has 1 aliphatic carbocycles. The monoisotopic (exact) mass is 152 g/mol. The summed E-state index contributed by atoms with van der Waals surface area (Å²) in [5, 5.41) is 0. The van der Waals surface area contributed by atoms with Crippen LogP contribution in [0.5, 0.6) is 0 Å². The summed E-state index contributed by atoms with van der Waals surface area (Å²) in [4.78, 5) is 4.34. The fourth-order valence-corrected chi connectivity index (χ4v) is 1.06. The van der Waals surface area contributed by atoms with E-state index in [0.717, 1.165) is 0 Å². The van der Waals surface area contributed by atoms with Crippen LogP contribution in [0.25, 0.3) is 0 Å². The third-order valence-electron chi connectivity index (χ3n) is 1.84. The molecule has 2 N–H and O–H groups in total. The Balaban J connectivity index is 2.44. The fourth-order valence-electron chi connectivity index (χ4n) is 1.06. The second-order valence-corrected chi connectivity index (χ2v) is 3.36. The molecule has 0 saturated heterocycles. The Morgan fingerprint density at radius 3 is 2.45 bits per heavy atom. The van der Waals surface area contributed by atoms with E-state index in [0.29, 0.717) is 11.9 Å². The van der Waals surface area contributed by atoms with Gasteiger partial charge < -0.3 is 5.73 Å². The van der Waals surface area contributed by atoms with Crippen LogP contribution in [0.2, 0.25) is 0 Å². The van der Waals surface area contributed by atoms with Gasteiger partial charge in [0.2, 0.25) is 0 Å². The lowest BCUT2D eigenvalue weighted by molar-refractivity contribution is 0.420. The van der Waals surface area contributed by atoms with Crippen molar-refractivity contribution < 1.29 is 0 Å². The Labute approximate surface area is 68.2 Å². The Bertz CT molecular complexity index is 184. The summed E-state index contributed by atoms with van der Waals surface area (Å²) in [5.41, 5.74) is 6.87. The van der Waals surface area contributed by atoms with Gasteiger partial charge in [0, 0.05) is 0 Å². The third kappa shape index (κ3) is 2.74. The average Bonchev–Trinajstić information content (AvgIpc) is 1.77. The Morgan fingerprint density at radius 1 is 1.45 bits per heavy atom. The van der Waals surface area contributed by atoms with E-state index >= 15 is 0 Å². The molecule has 0 bridgehead atoms. The van der Waals surface area contributed by atoms with Crippen LogP contribution >= 0.6 is 0 Å². The lowest BCUT2D eigenvalue weighted by Gasteiger charge is -2.20. The topological polar surface area (TPSA) is 38.4 Å². The minimum absolute atomic E-state index is 0.519. The van der Waals surface area contributed by atoms with Crippen molar-refractivity contribution in [2.75, 3.05) is 0 Å². The van der Waals surface area contributed by atoms with Gasteiger partial charge in [0.25, 0.3) is 0 Å².